The Morgan fingerprint density at radius 1 is 1.00 bits per heavy atom. The van der Waals surface area contributed by atoms with Crippen LogP contribution in [0.2, 0.25) is 0 Å². The van der Waals surface area contributed by atoms with Crippen LogP contribution < -0.4 is 5.73 Å². The van der Waals surface area contributed by atoms with Gasteiger partial charge in [-0.15, -0.1) is 0 Å². The third-order valence-corrected chi connectivity index (χ3v) is 3.42. The van der Waals surface area contributed by atoms with Crippen LogP contribution >= 0.6 is 0 Å². The van der Waals surface area contributed by atoms with Gasteiger partial charge in [0, 0.05) is 13.0 Å². The maximum absolute atomic E-state index is 8.68. The number of anilines is 1. The number of aryl methyl sites for hydroxylation is 1. The summed E-state index contributed by atoms with van der Waals surface area (Å²) in [5.41, 5.74) is 7.23. The molecular weight excluding hydrogens is 254 g/mol. The number of aromatic nitrogens is 4. The number of aliphatic hydroxyl groups excluding tert-OH is 1. The number of fused-ring (bicyclic) bond motifs is 1. The minimum Gasteiger partial charge on any atom is -0.396 e. The minimum atomic E-state index is 0.314. The van der Waals surface area contributed by atoms with Gasteiger partial charge < -0.3 is 15.8 Å². The molecule has 0 aliphatic rings. The Bertz CT molecular complexity index is 525. The molecule has 0 atom stereocenters. The number of hydrogen-bond donors (Lipinski definition) is 3. The highest BCUT2D eigenvalue weighted by Crippen LogP contribution is 2.14. The molecule has 2 rings (SSSR count). The van der Waals surface area contributed by atoms with Crippen molar-refractivity contribution in [2.24, 2.45) is 0 Å². The standard InChI is InChI=1S/C14H23N5O/c15-13-12-14(17-10-16-12)19-11(18-13)8-6-4-2-1-3-5-7-9-20/h10,20H,1-9H2,(H3,15,16,17,18,19). The molecule has 20 heavy (non-hydrogen) atoms. The number of nitrogens with zero attached hydrogens (tertiary/aromatic N) is 3. The van der Waals surface area contributed by atoms with E-state index in [2.05, 4.69) is 19.9 Å². The Kier molecular flexibility index (Phi) is 5.73. The van der Waals surface area contributed by atoms with Gasteiger partial charge >= 0.3 is 0 Å². The first-order valence-corrected chi connectivity index (χ1v) is 7.37. The van der Waals surface area contributed by atoms with Crippen LogP contribution in [0.15, 0.2) is 6.33 Å². The predicted molar refractivity (Wildman–Crippen MR) is 79.2 cm³/mol. The maximum atomic E-state index is 8.68. The molecule has 2 heterocycles. The molecule has 6 heteroatoms. The Hall–Kier alpha value is -1.69. The van der Waals surface area contributed by atoms with Crippen LogP contribution in [0.3, 0.4) is 0 Å². The first-order valence-electron chi connectivity index (χ1n) is 7.37. The first kappa shape index (κ1) is 14.7. The highest BCUT2D eigenvalue weighted by atomic mass is 16.2. The topological polar surface area (TPSA) is 101 Å². The van der Waals surface area contributed by atoms with Crippen molar-refractivity contribution in [2.75, 3.05) is 12.3 Å². The molecule has 2 aromatic heterocycles. The maximum Gasteiger partial charge on any atom is 0.183 e. The number of nitrogen functional groups attached to an aromatic ring is 1. The molecule has 0 unspecified atom stereocenters. The fraction of sp³-hybridized carbons (Fsp3) is 0.643. The van der Waals surface area contributed by atoms with Gasteiger partial charge in [-0.25, -0.2) is 15.0 Å². The molecule has 0 aliphatic heterocycles. The zero-order chi connectivity index (χ0) is 14.2. The second-order valence-electron chi connectivity index (χ2n) is 5.07. The summed E-state index contributed by atoms with van der Waals surface area (Å²) >= 11 is 0. The van der Waals surface area contributed by atoms with Crippen molar-refractivity contribution in [3.05, 3.63) is 12.2 Å². The molecule has 0 aromatic carbocycles. The van der Waals surface area contributed by atoms with E-state index in [0.29, 0.717) is 18.1 Å². The summed E-state index contributed by atoms with van der Waals surface area (Å²) in [6.45, 7) is 0.314. The van der Waals surface area contributed by atoms with E-state index >= 15 is 0 Å². The Morgan fingerprint density at radius 2 is 1.70 bits per heavy atom. The minimum absolute atomic E-state index is 0.314. The Labute approximate surface area is 118 Å². The summed E-state index contributed by atoms with van der Waals surface area (Å²) in [6, 6.07) is 0. The van der Waals surface area contributed by atoms with E-state index in [1.807, 2.05) is 0 Å². The third kappa shape index (κ3) is 4.16. The number of nitrogens with one attached hydrogen (secondary N) is 1. The second kappa shape index (κ2) is 7.79. The Balaban J connectivity index is 1.68. The van der Waals surface area contributed by atoms with E-state index in [4.69, 9.17) is 10.8 Å². The molecule has 0 aliphatic carbocycles. The molecule has 0 saturated heterocycles. The van der Waals surface area contributed by atoms with E-state index in [1.165, 1.54) is 25.7 Å². The van der Waals surface area contributed by atoms with E-state index in [-0.39, 0.29) is 0 Å². The molecule has 0 radical (unpaired) electrons. The lowest BCUT2D eigenvalue weighted by atomic mass is 10.1. The van der Waals surface area contributed by atoms with Crippen LogP contribution in [-0.4, -0.2) is 31.6 Å². The molecule has 4 N–H and O–H groups in total. The third-order valence-electron chi connectivity index (χ3n) is 3.42. The number of H-pyrrole nitrogens is 1. The van der Waals surface area contributed by atoms with E-state index in [9.17, 15) is 0 Å². The molecule has 0 bridgehead atoms. The van der Waals surface area contributed by atoms with Crippen molar-refractivity contribution in [2.45, 2.75) is 51.4 Å². The second-order valence-corrected chi connectivity index (χ2v) is 5.07. The summed E-state index contributed by atoms with van der Waals surface area (Å²) < 4.78 is 0. The van der Waals surface area contributed by atoms with Gasteiger partial charge in [-0.05, 0) is 12.8 Å². The van der Waals surface area contributed by atoms with Gasteiger partial charge in [-0.3, -0.25) is 0 Å². The number of nitrogens with two attached hydrogens (primary N) is 1. The monoisotopic (exact) mass is 277 g/mol. The van der Waals surface area contributed by atoms with Crippen molar-refractivity contribution in [1.82, 2.24) is 19.9 Å². The van der Waals surface area contributed by atoms with E-state index < -0.39 is 0 Å². The summed E-state index contributed by atoms with van der Waals surface area (Å²) in [4.78, 5) is 15.7. The summed E-state index contributed by atoms with van der Waals surface area (Å²) in [7, 11) is 0. The predicted octanol–water partition coefficient (Wildman–Crippen LogP) is 2.20. The SMILES string of the molecule is Nc1nc(CCCCCCCCCO)nc2nc[nH]c12. The van der Waals surface area contributed by atoms with Crippen LogP contribution in [0.4, 0.5) is 5.82 Å². The highest BCUT2D eigenvalue weighted by molar-refractivity contribution is 5.80. The number of aromatic amines is 1. The smallest absolute Gasteiger partial charge is 0.183 e. The molecule has 110 valence electrons. The summed E-state index contributed by atoms with van der Waals surface area (Å²) in [5.74, 6) is 1.26. The Morgan fingerprint density at radius 3 is 2.45 bits per heavy atom. The van der Waals surface area contributed by atoms with E-state index in [0.717, 1.165) is 37.0 Å². The van der Waals surface area contributed by atoms with Gasteiger partial charge in [0.05, 0.1) is 6.33 Å². The molecule has 0 fully saturated rings. The lowest BCUT2D eigenvalue weighted by Gasteiger charge is -2.03. The number of imidazole rings is 1. The summed E-state index contributed by atoms with van der Waals surface area (Å²) in [5, 5.41) is 8.68. The fourth-order valence-electron chi connectivity index (χ4n) is 2.29. The number of aliphatic hydroxyl groups is 1. The van der Waals surface area contributed by atoms with Crippen molar-refractivity contribution in [3.8, 4) is 0 Å². The fourth-order valence-corrected chi connectivity index (χ4v) is 2.29. The van der Waals surface area contributed by atoms with Crippen molar-refractivity contribution < 1.29 is 5.11 Å². The van der Waals surface area contributed by atoms with Crippen molar-refractivity contribution in [3.63, 3.8) is 0 Å². The van der Waals surface area contributed by atoms with Crippen LogP contribution in [0.25, 0.3) is 11.2 Å². The lowest BCUT2D eigenvalue weighted by Crippen LogP contribution is -2.01. The van der Waals surface area contributed by atoms with Crippen LogP contribution in [0, 0.1) is 0 Å². The highest BCUT2D eigenvalue weighted by Gasteiger charge is 2.06. The quantitative estimate of drug-likeness (QED) is 0.610. The molecule has 0 saturated carbocycles. The number of hydrogen-bond acceptors (Lipinski definition) is 5. The largest absolute Gasteiger partial charge is 0.396 e. The summed E-state index contributed by atoms with van der Waals surface area (Å²) in [6.07, 6.45) is 10.4. The normalized spacial score (nSPS) is 11.2. The average molecular weight is 277 g/mol. The van der Waals surface area contributed by atoms with E-state index in [1.54, 1.807) is 6.33 Å². The number of unbranched alkanes of at least 4 members (excludes halogenated alkanes) is 6. The van der Waals surface area contributed by atoms with Gasteiger partial charge in [0.1, 0.15) is 11.3 Å². The van der Waals surface area contributed by atoms with Crippen LogP contribution in [0.1, 0.15) is 50.8 Å². The lowest BCUT2D eigenvalue weighted by molar-refractivity contribution is 0.282. The van der Waals surface area contributed by atoms with Gasteiger partial charge in [0.2, 0.25) is 0 Å². The van der Waals surface area contributed by atoms with Crippen LogP contribution in [0.5, 0.6) is 0 Å². The van der Waals surface area contributed by atoms with Crippen LogP contribution in [-0.2, 0) is 6.42 Å². The van der Waals surface area contributed by atoms with Gasteiger partial charge in [0.25, 0.3) is 0 Å². The molecule has 2 aromatic rings. The number of rotatable bonds is 9. The van der Waals surface area contributed by atoms with Gasteiger partial charge in [-0.1, -0.05) is 32.1 Å². The van der Waals surface area contributed by atoms with Gasteiger partial charge in [0.15, 0.2) is 11.5 Å². The molecule has 0 amide bonds. The molecule has 6 nitrogen and oxygen atoms in total. The van der Waals surface area contributed by atoms with Gasteiger partial charge in [-0.2, -0.15) is 0 Å². The van der Waals surface area contributed by atoms with Crippen molar-refractivity contribution in [1.29, 1.82) is 0 Å². The zero-order valence-electron chi connectivity index (χ0n) is 11.8. The molecule has 0 spiro atoms. The molecular formula is C14H23N5O. The zero-order valence-corrected chi connectivity index (χ0v) is 11.8. The average Bonchev–Trinajstić information content (AvgIpc) is 2.91. The first-order chi connectivity index (χ1) is 9.81. The van der Waals surface area contributed by atoms with Crippen molar-refractivity contribution >= 4 is 17.0 Å².